The minimum absolute atomic E-state index is 0.474. The van der Waals surface area contributed by atoms with E-state index in [-0.39, 0.29) is 0 Å². The Balaban J connectivity index is 1.86. The lowest BCUT2D eigenvalue weighted by Gasteiger charge is -2.22. The predicted octanol–water partition coefficient (Wildman–Crippen LogP) is 3.51. The van der Waals surface area contributed by atoms with Crippen molar-refractivity contribution in [3.05, 3.63) is 41.5 Å². The zero-order valence-corrected chi connectivity index (χ0v) is 11.0. The molecule has 0 aliphatic heterocycles. The van der Waals surface area contributed by atoms with Gasteiger partial charge in [-0.05, 0) is 30.0 Å². The van der Waals surface area contributed by atoms with Crippen LogP contribution in [0, 0.1) is 0 Å². The van der Waals surface area contributed by atoms with Crippen molar-refractivity contribution in [3.8, 4) is 0 Å². The molecule has 1 fully saturated rings. The van der Waals surface area contributed by atoms with E-state index >= 15 is 0 Å². The Bertz CT molecular complexity index is 380. The fourth-order valence-electron chi connectivity index (χ4n) is 2.44. The number of nitrogens with two attached hydrogens (primary N) is 1. The normalized spacial score (nSPS) is 17.4. The molecule has 0 spiro atoms. The first-order valence-electron chi connectivity index (χ1n) is 6.95. The van der Waals surface area contributed by atoms with Crippen molar-refractivity contribution in [3.63, 3.8) is 0 Å². The summed E-state index contributed by atoms with van der Waals surface area (Å²) in [5.41, 5.74) is 7.91. The van der Waals surface area contributed by atoms with Gasteiger partial charge in [0.25, 0.3) is 0 Å². The largest absolute Gasteiger partial charge is 0.374 e. The average Bonchev–Trinajstić information content (AvgIpc) is 2.44. The Morgan fingerprint density at radius 1 is 1.22 bits per heavy atom. The van der Waals surface area contributed by atoms with Crippen LogP contribution in [0.4, 0.5) is 0 Å². The molecular formula is C16H23NO. The van der Waals surface area contributed by atoms with Gasteiger partial charge in [0.1, 0.15) is 0 Å². The Kier molecular flexibility index (Phi) is 5.43. The maximum Gasteiger partial charge on any atom is 0.0720 e. The first-order chi connectivity index (χ1) is 8.88. The molecule has 0 aromatic heterocycles. The summed E-state index contributed by atoms with van der Waals surface area (Å²) in [5.74, 6) is 0. The van der Waals surface area contributed by atoms with Gasteiger partial charge in [-0.2, -0.15) is 0 Å². The van der Waals surface area contributed by atoms with E-state index in [2.05, 4.69) is 30.3 Å². The van der Waals surface area contributed by atoms with E-state index in [0.717, 1.165) is 6.61 Å². The predicted molar refractivity (Wildman–Crippen MR) is 76.2 cm³/mol. The summed E-state index contributed by atoms with van der Waals surface area (Å²) >= 11 is 0. The quantitative estimate of drug-likeness (QED) is 0.861. The molecule has 0 amide bonds. The highest BCUT2D eigenvalue weighted by Crippen LogP contribution is 2.21. The summed E-state index contributed by atoms with van der Waals surface area (Å²) in [6.07, 6.45) is 11.0. The van der Waals surface area contributed by atoms with Crippen LogP contribution in [-0.2, 0) is 11.3 Å². The summed E-state index contributed by atoms with van der Waals surface area (Å²) in [5, 5.41) is 0. The molecule has 1 aromatic carbocycles. The molecule has 0 saturated heterocycles. The van der Waals surface area contributed by atoms with Crippen molar-refractivity contribution in [2.24, 2.45) is 5.73 Å². The second-order valence-corrected chi connectivity index (χ2v) is 4.95. The fraction of sp³-hybridized carbons (Fsp3) is 0.500. The molecule has 1 saturated carbocycles. The Morgan fingerprint density at radius 2 is 2.06 bits per heavy atom. The van der Waals surface area contributed by atoms with E-state index in [4.69, 9.17) is 10.5 Å². The van der Waals surface area contributed by atoms with Crippen LogP contribution in [0.3, 0.4) is 0 Å². The van der Waals surface area contributed by atoms with Gasteiger partial charge in [0.2, 0.25) is 0 Å². The van der Waals surface area contributed by atoms with Gasteiger partial charge in [-0.15, -0.1) is 0 Å². The molecule has 2 N–H and O–H groups in total. The van der Waals surface area contributed by atoms with E-state index < -0.39 is 0 Å². The van der Waals surface area contributed by atoms with E-state index in [9.17, 15) is 0 Å². The Hall–Kier alpha value is -1.12. The lowest BCUT2D eigenvalue weighted by molar-refractivity contribution is 0.0168. The minimum Gasteiger partial charge on any atom is -0.374 e. The smallest absolute Gasteiger partial charge is 0.0720 e. The fourth-order valence-corrected chi connectivity index (χ4v) is 2.44. The zero-order valence-electron chi connectivity index (χ0n) is 11.0. The summed E-state index contributed by atoms with van der Waals surface area (Å²) < 4.78 is 5.98. The number of hydrogen-bond acceptors (Lipinski definition) is 2. The summed E-state index contributed by atoms with van der Waals surface area (Å²) in [4.78, 5) is 0. The molecule has 98 valence electrons. The molecule has 0 heterocycles. The van der Waals surface area contributed by atoms with Crippen LogP contribution in [0.15, 0.2) is 30.3 Å². The van der Waals surface area contributed by atoms with Gasteiger partial charge in [0, 0.05) is 6.54 Å². The number of rotatable bonds is 5. The lowest BCUT2D eigenvalue weighted by Crippen LogP contribution is -2.16. The third-order valence-corrected chi connectivity index (χ3v) is 3.44. The Morgan fingerprint density at radius 3 is 2.83 bits per heavy atom. The number of benzene rings is 1. The third-order valence-electron chi connectivity index (χ3n) is 3.44. The van der Waals surface area contributed by atoms with Crippen LogP contribution in [-0.4, -0.2) is 12.6 Å². The maximum absolute atomic E-state index is 5.98. The van der Waals surface area contributed by atoms with Gasteiger partial charge in [-0.25, -0.2) is 0 Å². The second-order valence-electron chi connectivity index (χ2n) is 4.95. The molecule has 1 aromatic rings. The third kappa shape index (κ3) is 4.28. The topological polar surface area (TPSA) is 35.2 Å². The van der Waals surface area contributed by atoms with Crippen molar-refractivity contribution >= 4 is 6.08 Å². The molecule has 0 atom stereocenters. The van der Waals surface area contributed by atoms with Gasteiger partial charge in [0.05, 0.1) is 12.7 Å². The highest BCUT2D eigenvalue weighted by Gasteiger charge is 2.13. The summed E-state index contributed by atoms with van der Waals surface area (Å²) in [6.45, 7) is 1.32. The van der Waals surface area contributed by atoms with E-state index in [1.54, 1.807) is 0 Å². The van der Waals surface area contributed by atoms with Crippen molar-refractivity contribution in [1.82, 2.24) is 0 Å². The van der Waals surface area contributed by atoms with Gasteiger partial charge < -0.3 is 10.5 Å². The van der Waals surface area contributed by atoms with Crippen molar-refractivity contribution in [1.29, 1.82) is 0 Å². The van der Waals surface area contributed by atoms with Crippen LogP contribution in [0.25, 0.3) is 6.08 Å². The van der Waals surface area contributed by atoms with Crippen LogP contribution in [0.5, 0.6) is 0 Å². The zero-order chi connectivity index (χ0) is 12.6. The minimum atomic E-state index is 0.474. The first-order valence-corrected chi connectivity index (χ1v) is 6.95. The monoisotopic (exact) mass is 245 g/mol. The molecule has 0 unspecified atom stereocenters. The molecular weight excluding hydrogens is 222 g/mol. The molecule has 0 radical (unpaired) electrons. The van der Waals surface area contributed by atoms with E-state index in [1.807, 2.05) is 6.08 Å². The highest BCUT2D eigenvalue weighted by molar-refractivity contribution is 5.50. The number of ether oxygens (including phenoxy) is 1. The molecule has 2 heteroatoms. The molecule has 1 aliphatic rings. The van der Waals surface area contributed by atoms with Crippen molar-refractivity contribution in [2.45, 2.75) is 44.8 Å². The van der Waals surface area contributed by atoms with E-state index in [0.29, 0.717) is 12.6 Å². The molecule has 18 heavy (non-hydrogen) atoms. The molecule has 0 bridgehead atoms. The summed E-state index contributed by atoms with van der Waals surface area (Å²) in [7, 11) is 0. The molecule has 2 nitrogen and oxygen atoms in total. The summed E-state index contributed by atoms with van der Waals surface area (Å²) in [6, 6.07) is 8.48. The SMILES string of the molecule is NC/C=C/c1cccc(COC2CCCCC2)c1. The van der Waals surface area contributed by atoms with E-state index in [1.165, 1.54) is 43.2 Å². The second kappa shape index (κ2) is 7.34. The van der Waals surface area contributed by atoms with Crippen molar-refractivity contribution in [2.75, 3.05) is 6.54 Å². The van der Waals surface area contributed by atoms with Crippen LogP contribution < -0.4 is 5.73 Å². The van der Waals surface area contributed by atoms with Gasteiger partial charge >= 0.3 is 0 Å². The lowest BCUT2D eigenvalue weighted by atomic mass is 9.98. The highest BCUT2D eigenvalue weighted by atomic mass is 16.5. The number of hydrogen-bond donors (Lipinski definition) is 1. The molecule has 2 rings (SSSR count). The van der Waals surface area contributed by atoms with Gasteiger partial charge in [-0.3, -0.25) is 0 Å². The first kappa shape index (κ1) is 13.3. The Labute approximate surface area is 110 Å². The average molecular weight is 245 g/mol. The van der Waals surface area contributed by atoms with Gasteiger partial charge in [-0.1, -0.05) is 49.6 Å². The molecule has 1 aliphatic carbocycles. The van der Waals surface area contributed by atoms with Crippen LogP contribution in [0.1, 0.15) is 43.2 Å². The van der Waals surface area contributed by atoms with Gasteiger partial charge in [0.15, 0.2) is 0 Å². The van der Waals surface area contributed by atoms with Crippen molar-refractivity contribution < 1.29 is 4.74 Å². The van der Waals surface area contributed by atoms with Crippen LogP contribution >= 0.6 is 0 Å². The van der Waals surface area contributed by atoms with Crippen LogP contribution in [0.2, 0.25) is 0 Å². The maximum atomic E-state index is 5.98. The standard InChI is InChI=1S/C16H23NO/c17-11-5-8-14-6-4-7-15(12-14)13-18-16-9-2-1-3-10-16/h4-8,12,16H,1-3,9-11,13,17H2/b8-5+.